The first kappa shape index (κ1) is 17.3. The van der Waals surface area contributed by atoms with Crippen molar-refractivity contribution in [2.45, 2.75) is 57.8 Å². The smallest absolute Gasteiger partial charge is 0.187 e. The topological polar surface area (TPSA) is 55.8 Å². The van der Waals surface area contributed by atoms with E-state index in [9.17, 15) is 4.57 Å². The Morgan fingerprint density at radius 3 is 1.82 bits per heavy atom. The molecular weight excluding hydrogens is 259 g/mol. The van der Waals surface area contributed by atoms with Crippen LogP contribution in [-0.2, 0) is 14.1 Å². The van der Waals surface area contributed by atoms with E-state index < -0.39 is 8.25 Å². The highest BCUT2D eigenvalue weighted by atomic mass is 32.1. The summed E-state index contributed by atoms with van der Waals surface area (Å²) in [7, 11) is -2.62. The minimum absolute atomic E-state index is 0.392. The van der Waals surface area contributed by atoms with E-state index in [2.05, 4.69) is 22.2 Å². The van der Waals surface area contributed by atoms with Crippen LogP contribution >= 0.6 is 20.9 Å². The van der Waals surface area contributed by atoms with Gasteiger partial charge in [-0.3, -0.25) is 0 Å². The molecule has 0 fully saturated rings. The highest BCUT2D eigenvalue weighted by Crippen LogP contribution is 2.15. The molecule has 0 aromatic rings. The van der Waals surface area contributed by atoms with Crippen LogP contribution in [0.25, 0.3) is 0 Å². The fourth-order valence-electron chi connectivity index (χ4n) is 1.59. The van der Waals surface area contributed by atoms with Crippen molar-refractivity contribution in [2.24, 2.45) is 0 Å². The number of rotatable bonds is 13. The van der Waals surface area contributed by atoms with E-state index in [1.807, 2.05) is 0 Å². The summed E-state index contributed by atoms with van der Waals surface area (Å²) in [6.45, 7) is 0.392. The fraction of sp³-hybridized carbons (Fsp3) is 1.00. The Morgan fingerprint density at radius 1 is 0.882 bits per heavy atom. The summed E-state index contributed by atoms with van der Waals surface area (Å²) in [5.41, 5.74) is 0. The molecule has 4 nitrogen and oxygen atoms in total. The third-order valence-electron chi connectivity index (χ3n) is 2.50. The highest BCUT2D eigenvalue weighted by Gasteiger charge is 2.12. The average Bonchev–Trinajstić information content (AvgIpc) is 2.30. The molecule has 0 aliphatic rings. The van der Waals surface area contributed by atoms with Gasteiger partial charge in [-0.05, 0) is 18.6 Å². The molecule has 0 rings (SSSR count). The summed E-state index contributed by atoms with van der Waals surface area (Å²) in [4.78, 5) is 12.8. The van der Waals surface area contributed by atoms with Gasteiger partial charge < -0.3 is 0 Å². The van der Waals surface area contributed by atoms with Gasteiger partial charge in [-0.25, -0.2) is 0 Å². The van der Waals surface area contributed by atoms with Gasteiger partial charge in [0.1, 0.15) is 0 Å². The van der Waals surface area contributed by atoms with Crippen LogP contribution in [0.3, 0.4) is 0 Å². The molecule has 0 bridgehead atoms. The maximum Gasteiger partial charge on any atom is 0.725 e. The van der Waals surface area contributed by atoms with E-state index in [1.165, 1.54) is 44.9 Å². The number of unbranched alkanes of at least 4 members (excludes halogenated alkanes) is 8. The fourth-order valence-corrected chi connectivity index (χ4v) is 1.98. The standard InChI is InChI=1S/C11H23O4PS/c12-16(13)15-14-10-8-6-4-2-1-3-5-7-9-11-17/h1-11H2,(H-,12,13,17)/p+1. The van der Waals surface area contributed by atoms with Gasteiger partial charge in [-0.2, -0.15) is 17.5 Å². The lowest BCUT2D eigenvalue weighted by Crippen LogP contribution is -1.91. The Balaban J connectivity index is 2.91. The normalized spacial score (nSPS) is 11.8. The van der Waals surface area contributed by atoms with Crippen LogP contribution < -0.4 is 0 Å². The van der Waals surface area contributed by atoms with Crippen molar-refractivity contribution in [3.8, 4) is 0 Å². The maximum atomic E-state index is 10.1. The lowest BCUT2D eigenvalue weighted by atomic mass is 10.1. The molecule has 0 aliphatic carbocycles. The molecule has 0 aliphatic heterocycles. The summed E-state index contributed by atoms with van der Waals surface area (Å²) < 4.78 is 14.2. The van der Waals surface area contributed by atoms with Crippen LogP contribution in [0.1, 0.15) is 57.8 Å². The molecule has 6 heteroatoms. The van der Waals surface area contributed by atoms with Gasteiger partial charge in [0.2, 0.25) is 0 Å². The van der Waals surface area contributed by atoms with Gasteiger partial charge in [-0.15, -0.1) is 4.89 Å². The minimum atomic E-state index is -2.62. The molecule has 0 saturated heterocycles. The van der Waals surface area contributed by atoms with E-state index in [0.717, 1.165) is 18.6 Å². The summed E-state index contributed by atoms with van der Waals surface area (Å²) >= 11 is 4.18. The van der Waals surface area contributed by atoms with E-state index in [0.29, 0.717) is 6.61 Å². The van der Waals surface area contributed by atoms with Crippen molar-refractivity contribution in [3.05, 3.63) is 0 Å². The van der Waals surface area contributed by atoms with E-state index in [4.69, 9.17) is 4.89 Å². The van der Waals surface area contributed by atoms with Crippen LogP contribution in [0.5, 0.6) is 0 Å². The lowest BCUT2D eigenvalue weighted by molar-refractivity contribution is -0.208. The Bertz CT molecular complexity index is 181. The zero-order valence-electron chi connectivity index (χ0n) is 10.3. The van der Waals surface area contributed by atoms with Crippen molar-refractivity contribution in [1.82, 2.24) is 0 Å². The first-order chi connectivity index (χ1) is 8.27. The number of hydrogen-bond donors (Lipinski definition) is 2. The van der Waals surface area contributed by atoms with Crippen molar-refractivity contribution in [1.29, 1.82) is 0 Å². The van der Waals surface area contributed by atoms with Gasteiger partial charge in [0.25, 0.3) is 0 Å². The van der Waals surface area contributed by atoms with Gasteiger partial charge >= 0.3 is 8.25 Å². The first-order valence-corrected chi connectivity index (χ1v) is 8.10. The van der Waals surface area contributed by atoms with Crippen LogP contribution in [0.2, 0.25) is 0 Å². The summed E-state index contributed by atoms with van der Waals surface area (Å²) in [5, 5.41) is 0. The molecule has 102 valence electrons. The van der Waals surface area contributed by atoms with Gasteiger partial charge in [0, 0.05) is 4.57 Å². The largest absolute Gasteiger partial charge is 0.725 e. The predicted octanol–water partition coefficient (Wildman–Crippen LogP) is 4.03. The third kappa shape index (κ3) is 16.3. The molecule has 0 radical (unpaired) electrons. The van der Waals surface area contributed by atoms with Crippen molar-refractivity contribution in [2.75, 3.05) is 12.4 Å². The van der Waals surface area contributed by atoms with E-state index >= 15 is 0 Å². The van der Waals surface area contributed by atoms with Crippen LogP contribution in [-0.4, -0.2) is 17.3 Å². The lowest BCUT2D eigenvalue weighted by Gasteiger charge is -2.01. The Morgan fingerprint density at radius 2 is 1.35 bits per heavy atom. The molecule has 1 unspecified atom stereocenters. The highest BCUT2D eigenvalue weighted by molar-refractivity contribution is 7.80. The van der Waals surface area contributed by atoms with Crippen LogP contribution in [0, 0.1) is 0 Å². The molecule has 1 atom stereocenters. The second-order valence-corrected chi connectivity index (χ2v) is 5.11. The Kier molecular flexibility index (Phi) is 14.7. The van der Waals surface area contributed by atoms with Crippen molar-refractivity contribution >= 4 is 20.9 Å². The zero-order chi connectivity index (χ0) is 12.8. The molecular formula is C11H24O4PS+. The van der Waals surface area contributed by atoms with Crippen molar-refractivity contribution in [3.63, 3.8) is 0 Å². The summed E-state index contributed by atoms with van der Waals surface area (Å²) in [6, 6.07) is 0. The molecule has 0 spiro atoms. The van der Waals surface area contributed by atoms with Gasteiger partial charge in [0.05, 0.1) is 11.3 Å². The second-order valence-electron chi connectivity index (χ2n) is 4.04. The Labute approximate surface area is 110 Å². The van der Waals surface area contributed by atoms with E-state index in [-0.39, 0.29) is 0 Å². The Hall–Kier alpha value is 0.330. The third-order valence-corrected chi connectivity index (χ3v) is 3.05. The van der Waals surface area contributed by atoms with Crippen molar-refractivity contribution < 1.29 is 19.0 Å². The van der Waals surface area contributed by atoms with Gasteiger partial charge in [-0.1, -0.05) is 44.9 Å². The molecule has 0 amide bonds. The average molecular weight is 283 g/mol. The van der Waals surface area contributed by atoms with Crippen LogP contribution in [0.15, 0.2) is 0 Å². The summed E-state index contributed by atoms with van der Waals surface area (Å²) in [6.07, 6.45) is 10.9. The quantitative estimate of drug-likeness (QED) is 0.176. The zero-order valence-corrected chi connectivity index (χ0v) is 12.1. The summed E-state index contributed by atoms with van der Waals surface area (Å²) in [5.74, 6) is 1.00. The minimum Gasteiger partial charge on any atom is -0.187 e. The molecule has 1 N–H and O–H groups in total. The first-order valence-electron chi connectivity index (χ1n) is 6.34. The molecule has 17 heavy (non-hydrogen) atoms. The van der Waals surface area contributed by atoms with Gasteiger partial charge in [0.15, 0.2) is 0 Å². The number of hydrogen-bond acceptors (Lipinski definition) is 4. The van der Waals surface area contributed by atoms with Crippen LogP contribution in [0.4, 0.5) is 0 Å². The SMILES string of the molecule is O=[P+](O)OOCCCCCCCCCCCS. The number of thiol groups is 1. The molecule has 0 heterocycles. The maximum absolute atomic E-state index is 10.1. The molecule has 0 aromatic carbocycles. The second kappa shape index (κ2) is 14.4. The predicted molar refractivity (Wildman–Crippen MR) is 72.3 cm³/mol. The monoisotopic (exact) mass is 283 g/mol. The molecule has 0 aromatic heterocycles. The van der Waals surface area contributed by atoms with E-state index in [1.54, 1.807) is 0 Å². The molecule has 0 saturated carbocycles.